The second-order valence-corrected chi connectivity index (χ2v) is 10.5. The molecule has 4 rings (SSSR count). The maximum absolute atomic E-state index is 13.0. The van der Waals surface area contributed by atoms with Crippen LogP contribution in [0.2, 0.25) is 0 Å². The summed E-state index contributed by atoms with van der Waals surface area (Å²) in [5.74, 6) is 0.477. The zero-order chi connectivity index (χ0) is 21.3. The average molecular weight is 448 g/mol. The van der Waals surface area contributed by atoms with Gasteiger partial charge in [0.25, 0.3) is 10.0 Å². The Morgan fingerprint density at radius 1 is 1.17 bits per heavy atom. The number of methoxy groups -OCH3 is 1. The fraction of sp³-hybridized carbons (Fsp3) is 0.333. The molecule has 0 unspecified atom stereocenters. The van der Waals surface area contributed by atoms with Crippen molar-refractivity contribution in [2.24, 2.45) is 0 Å². The van der Waals surface area contributed by atoms with Crippen LogP contribution >= 0.6 is 11.3 Å². The van der Waals surface area contributed by atoms with E-state index >= 15 is 0 Å². The smallest absolute Gasteiger partial charge is 0.271 e. The van der Waals surface area contributed by atoms with Crippen LogP contribution in [0.1, 0.15) is 13.8 Å². The van der Waals surface area contributed by atoms with E-state index in [1.54, 1.807) is 36.8 Å². The molecule has 0 radical (unpaired) electrons. The van der Waals surface area contributed by atoms with Gasteiger partial charge in [-0.3, -0.25) is 4.72 Å². The van der Waals surface area contributed by atoms with E-state index in [0.717, 1.165) is 29.2 Å². The summed E-state index contributed by atoms with van der Waals surface area (Å²) < 4.78 is 39.5. The predicted octanol–water partition coefficient (Wildman–Crippen LogP) is 4.00. The summed E-state index contributed by atoms with van der Waals surface area (Å²) in [7, 11) is -2.23. The monoisotopic (exact) mass is 447 g/mol. The van der Waals surface area contributed by atoms with Crippen molar-refractivity contribution in [2.75, 3.05) is 29.8 Å². The van der Waals surface area contributed by atoms with Crippen LogP contribution in [-0.2, 0) is 10.0 Å². The molecule has 1 saturated heterocycles. The molecule has 7 nitrogen and oxygen atoms in total. The zero-order valence-electron chi connectivity index (χ0n) is 17.1. The molecule has 9 heteroatoms. The first kappa shape index (κ1) is 20.8. The Hall–Kier alpha value is -2.49. The fourth-order valence-electron chi connectivity index (χ4n) is 3.73. The van der Waals surface area contributed by atoms with Crippen LogP contribution in [0, 0.1) is 0 Å². The standard InChI is InChI=1S/C21H25N3O4S2/c1-14-11-24(12-15(2)22-14)17-4-5-19(27-3)18(10-17)23-30(25,26)21-7-6-20(29-21)16-8-9-28-13-16/h4-10,13-15,22-23H,11-12H2,1-3H3/t14-,15+. The Kier molecular flexibility index (Phi) is 5.77. The number of nitrogens with zero attached hydrogens (tertiary/aromatic N) is 1. The molecule has 1 aliphatic rings. The third kappa shape index (κ3) is 4.33. The van der Waals surface area contributed by atoms with Crippen molar-refractivity contribution in [3.63, 3.8) is 0 Å². The van der Waals surface area contributed by atoms with Gasteiger partial charge in [-0.05, 0) is 50.2 Å². The van der Waals surface area contributed by atoms with Gasteiger partial charge < -0.3 is 19.4 Å². The Morgan fingerprint density at radius 2 is 1.93 bits per heavy atom. The van der Waals surface area contributed by atoms with Crippen LogP contribution in [0.3, 0.4) is 0 Å². The quantitative estimate of drug-likeness (QED) is 0.594. The van der Waals surface area contributed by atoms with Crippen LogP contribution in [0.25, 0.3) is 10.4 Å². The van der Waals surface area contributed by atoms with Crippen molar-refractivity contribution in [3.05, 3.63) is 48.9 Å². The number of anilines is 2. The molecule has 3 heterocycles. The number of nitrogens with one attached hydrogen (secondary N) is 2. The lowest BCUT2D eigenvalue weighted by atomic mass is 10.1. The molecule has 2 aromatic heterocycles. The van der Waals surface area contributed by atoms with E-state index < -0.39 is 10.0 Å². The molecule has 0 bridgehead atoms. The number of rotatable bonds is 6. The van der Waals surface area contributed by atoms with E-state index in [4.69, 9.17) is 9.15 Å². The summed E-state index contributed by atoms with van der Waals surface area (Å²) >= 11 is 1.19. The van der Waals surface area contributed by atoms with Gasteiger partial charge in [-0.15, -0.1) is 11.3 Å². The fourth-order valence-corrected chi connectivity index (χ4v) is 6.08. The van der Waals surface area contributed by atoms with E-state index in [0.29, 0.717) is 23.5 Å². The maximum Gasteiger partial charge on any atom is 0.271 e. The van der Waals surface area contributed by atoms with E-state index in [-0.39, 0.29) is 4.21 Å². The molecule has 1 aliphatic heterocycles. The normalized spacial score (nSPS) is 19.6. The number of benzene rings is 1. The third-order valence-electron chi connectivity index (χ3n) is 5.00. The van der Waals surface area contributed by atoms with Gasteiger partial charge in [0.2, 0.25) is 0 Å². The van der Waals surface area contributed by atoms with Crippen molar-refractivity contribution in [1.82, 2.24) is 5.32 Å². The minimum Gasteiger partial charge on any atom is -0.495 e. The second kappa shape index (κ2) is 8.33. The highest BCUT2D eigenvalue weighted by molar-refractivity contribution is 7.94. The molecular weight excluding hydrogens is 422 g/mol. The number of furan rings is 1. The molecule has 0 amide bonds. The van der Waals surface area contributed by atoms with E-state index in [1.807, 2.05) is 12.1 Å². The third-order valence-corrected chi connectivity index (χ3v) is 7.99. The van der Waals surface area contributed by atoms with Gasteiger partial charge >= 0.3 is 0 Å². The number of ether oxygens (including phenoxy) is 1. The predicted molar refractivity (Wildman–Crippen MR) is 120 cm³/mol. The van der Waals surface area contributed by atoms with E-state index in [1.165, 1.54) is 18.4 Å². The van der Waals surface area contributed by atoms with Crippen LogP contribution < -0.4 is 19.7 Å². The van der Waals surface area contributed by atoms with Gasteiger partial charge in [0.05, 0.1) is 25.3 Å². The SMILES string of the molecule is COc1ccc(N2C[C@@H](C)N[C@@H](C)C2)cc1NS(=O)(=O)c1ccc(-c2ccoc2)s1. The van der Waals surface area contributed by atoms with Gasteiger partial charge in [-0.25, -0.2) is 8.42 Å². The molecule has 3 aromatic rings. The van der Waals surface area contributed by atoms with Crippen LogP contribution in [0.5, 0.6) is 5.75 Å². The molecule has 0 spiro atoms. The lowest BCUT2D eigenvalue weighted by molar-refractivity contribution is 0.406. The first-order valence-electron chi connectivity index (χ1n) is 9.70. The van der Waals surface area contributed by atoms with Crippen molar-refractivity contribution >= 4 is 32.7 Å². The van der Waals surface area contributed by atoms with Crippen LogP contribution in [0.15, 0.2) is 57.6 Å². The van der Waals surface area contributed by atoms with Crippen molar-refractivity contribution in [1.29, 1.82) is 0 Å². The van der Waals surface area contributed by atoms with Crippen LogP contribution in [-0.4, -0.2) is 40.7 Å². The zero-order valence-corrected chi connectivity index (χ0v) is 18.7. The number of hydrogen-bond donors (Lipinski definition) is 2. The number of hydrogen-bond acceptors (Lipinski definition) is 7. The summed E-state index contributed by atoms with van der Waals surface area (Å²) in [6.07, 6.45) is 3.16. The van der Waals surface area contributed by atoms with Crippen LogP contribution in [0.4, 0.5) is 11.4 Å². The largest absolute Gasteiger partial charge is 0.495 e. The van der Waals surface area contributed by atoms with Crippen molar-refractivity contribution in [3.8, 4) is 16.2 Å². The summed E-state index contributed by atoms with van der Waals surface area (Å²) in [5.41, 5.74) is 2.23. The lowest BCUT2D eigenvalue weighted by Gasteiger charge is -2.38. The number of piperazine rings is 1. The summed E-state index contributed by atoms with van der Waals surface area (Å²) in [6.45, 7) is 5.98. The molecule has 0 aliphatic carbocycles. The van der Waals surface area contributed by atoms with Gasteiger partial charge in [-0.1, -0.05) is 0 Å². The highest BCUT2D eigenvalue weighted by Crippen LogP contribution is 2.35. The minimum absolute atomic E-state index is 0.232. The summed E-state index contributed by atoms with van der Waals surface area (Å²) in [6, 6.07) is 11.5. The Balaban J connectivity index is 1.61. The highest BCUT2D eigenvalue weighted by Gasteiger charge is 2.24. The van der Waals surface area contributed by atoms with Gasteiger partial charge in [0.15, 0.2) is 0 Å². The summed E-state index contributed by atoms with van der Waals surface area (Å²) in [4.78, 5) is 3.08. The Bertz CT molecular complexity index is 1100. The Morgan fingerprint density at radius 3 is 2.60 bits per heavy atom. The average Bonchev–Trinajstić information content (AvgIpc) is 3.39. The first-order chi connectivity index (χ1) is 14.4. The number of sulfonamides is 1. The van der Waals surface area contributed by atoms with E-state index in [9.17, 15) is 8.42 Å². The van der Waals surface area contributed by atoms with Gasteiger partial charge in [-0.2, -0.15) is 0 Å². The lowest BCUT2D eigenvalue weighted by Crippen LogP contribution is -2.54. The maximum atomic E-state index is 13.0. The number of thiophene rings is 1. The second-order valence-electron chi connectivity index (χ2n) is 7.49. The topological polar surface area (TPSA) is 83.8 Å². The Labute approximate surface area is 180 Å². The molecule has 2 atom stereocenters. The molecular formula is C21H25N3O4S2. The molecule has 1 aromatic carbocycles. The van der Waals surface area contributed by atoms with E-state index in [2.05, 4.69) is 28.8 Å². The molecule has 0 saturated carbocycles. The van der Waals surface area contributed by atoms with Gasteiger partial charge in [0.1, 0.15) is 9.96 Å². The minimum atomic E-state index is -3.76. The molecule has 160 valence electrons. The molecule has 30 heavy (non-hydrogen) atoms. The molecule has 1 fully saturated rings. The molecule has 2 N–H and O–H groups in total. The van der Waals surface area contributed by atoms with Crippen molar-refractivity contribution < 1.29 is 17.6 Å². The summed E-state index contributed by atoms with van der Waals surface area (Å²) in [5, 5.41) is 3.51. The van der Waals surface area contributed by atoms with Gasteiger partial charge in [0, 0.05) is 41.3 Å². The van der Waals surface area contributed by atoms with Crippen molar-refractivity contribution in [2.45, 2.75) is 30.1 Å². The first-order valence-corrected chi connectivity index (χ1v) is 12.0. The highest BCUT2D eigenvalue weighted by atomic mass is 32.2.